The first-order valence-electron chi connectivity index (χ1n) is 4.69. The predicted molar refractivity (Wildman–Crippen MR) is 71.8 cm³/mol. The highest BCUT2D eigenvalue weighted by Gasteiger charge is 2.15. The van der Waals surface area contributed by atoms with Gasteiger partial charge in [0, 0.05) is 28.0 Å². The lowest BCUT2D eigenvalue weighted by Gasteiger charge is -2.04. The SMILES string of the molecule is O=C(c1cncc(Br)c1)c1cccc(Cl)c1Cl. The van der Waals surface area contributed by atoms with Crippen LogP contribution in [0, 0.1) is 0 Å². The number of pyridine rings is 1. The molecule has 0 saturated carbocycles. The molecule has 5 heteroatoms. The molecule has 0 aliphatic carbocycles. The summed E-state index contributed by atoms with van der Waals surface area (Å²) in [4.78, 5) is 16.1. The largest absolute Gasteiger partial charge is 0.288 e. The minimum absolute atomic E-state index is 0.202. The third kappa shape index (κ3) is 2.68. The van der Waals surface area contributed by atoms with Crippen LogP contribution in [-0.2, 0) is 0 Å². The van der Waals surface area contributed by atoms with E-state index in [1.807, 2.05) is 0 Å². The molecule has 2 aromatic rings. The van der Waals surface area contributed by atoms with Gasteiger partial charge < -0.3 is 0 Å². The Bertz CT molecular complexity index is 586. The van der Waals surface area contributed by atoms with E-state index in [1.165, 1.54) is 6.20 Å². The quantitative estimate of drug-likeness (QED) is 0.765. The molecule has 0 aliphatic rings. The first-order valence-corrected chi connectivity index (χ1v) is 6.24. The van der Waals surface area contributed by atoms with Crippen LogP contribution in [-0.4, -0.2) is 10.8 Å². The van der Waals surface area contributed by atoms with Gasteiger partial charge in [-0.25, -0.2) is 0 Å². The Hall–Kier alpha value is -0.900. The van der Waals surface area contributed by atoms with Crippen molar-refractivity contribution in [1.82, 2.24) is 4.98 Å². The van der Waals surface area contributed by atoms with Crippen molar-refractivity contribution in [3.05, 3.63) is 62.3 Å². The molecular weight excluding hydrogens is 325 g/mol. The molecule has 1 aromatic heterocycles. The summed E-state index contributed by atoms with van der Waals surface area (Å²) in [5, 5.41) is 0.625. The molecule has 0 N–H and O–H groups in total. The van der Waals surface area contributed by atoms with Crippen LogP contribution in [0.15, 0.2) is 41.1 Å². The number of benzene rings is 1. The summed E-state index contributed by atoms with van der Waals surface area (Å²) in [6, 6.07) is 6.65. The van der Waals surface area contributed by atoms with Crippen molar-refractivity contribution >= 4 is 44.9 Å². The van der Waals surface area contributed by atoms with E-state index >= 15 is 0 Å². The van der Waals surface area contributed by atoms with Gasteiger partial charge in [-0.1, -0.05) is 29.3 Å². The van der Waals surface area contributed by atoms with E-state index in [0.29, 0.717) is 16.1 Å². The Labute approximate surface area is 117 Å². The van der Waals surface area contributed by atoms with Gasteiger partial charge in [0.05, 0.1) is 10.0 Å². The zero-order valence-corrected chi connectivity index (χ0v) is 11.6. The van der Waals surface area contributed by atoms with Crippen LogP contribution < -0.4 is 0 Å². The third-order valence-electron chi connectivity index (χ3n) is 2.16. The van der Waals surface area contributed by atoms with E-state index in [2.05, 4.69) is 20.9 Å². The zero-order valence-electron chi connectivity index (χ0n) is 8.45. The molecule has 0 amide bonds. The van der Waals surface area contributed by atoms with Crippen LogP contribution in [0.25, 0.3) is 0 Å². The maximum absolute atomic E-state index is 12.2. The van der Waals surface area contributed by atoms with Crippen molar-refractivity contribution in [2.45, 2.75) is 0 Å². The number of aromatic nitrogens is 1. The number of halogens is 3. The Balaban J connectivity index is 2.48. The molecule has 1 heterocycles. The molecule has 2 nitrogen and oxygen atoms in total. The monoisotopic (exact) mass is 329 g/mol. The fourth-order valence-electron chi connectivity index (χ4n) is 1.37. The molecule has 0 radical (unpaired) electrons. The van der Waals surface area contributed by atoms with E-state index < -0.39 is 0 Å². The van der Waals surface area contributed by atoms with Crippen LogP contribution in [0.3, 0.4) is 0 Å². The van der Waals surface area contributed by atoms with Gasteiger partial charge in [0.2, 0.25) is 0 Å². The van der Waals surface area contributed by atoms with Crippen LogP contribution in [0.5, 0.6) is 0 Å². The Morgan fingerprint density at radius 2 is 2.00 bits per heavy atom. The Morgan fingerprint density at radius 1 is 1.24 bits per heavy atom. The average molecular weight is 331 g/mol. The number of hydrogen-bond donors (Lipinski definition) is 0. The predicted octanol–water partition coefficient (Wildman–Crippen LogP) is 4.38. The minimum atomic E-state index is -0.202. The Kier molecular flexibility index (Phi) is 3.82. The summed E-state index contributed by atoms with van der Waals surface area (Å²) in [6.45, 7) is 0. The summed E-state index contributed by atoms with van der Waals surface area (Å²) in [5.74, 6) is -0.202. The van der Waals surface area contributed by atoms with Crippen LogP contribution in [0.4, 0.5) is 0 Å². The molecule has 0 bridgehead atoms. The van der Waals surface area contributed by atoms with Crippen LogP contribution in [0.2, 0.25) is 10.0 Å². The second-order valence-corrected chi connectivity index (χ2v) is 5.02. The first-order chi connectivity index (χ1) is 8.09. The number of nitrogens with zero attached hydrogens (tertiary/aromatic N) is 1. The molecular formula is C12H6BrCl2NO. The van der Waals surface area contributed by atoms with Crippen molar-refractivity contribution in [2.24, 2.45) is 0 Å². The molecule has 0 unspecified atom stereocenters. The zero-order chi connectivity index (χ0) is 12.4. The number of carbonyl (C=O) groups is 1. The van der Waals surface area contributed by atoms with E-state index in [-0.39, 0.29) is 10.8 Å². The summed E-state index contributed by atoms with van der Waals surface area (Å²) in [7, 11) is 0. The molecule has 0 atom stereocenters. The van der Waals surface area contributed by atoms with Gasteiger partial charge in [0.25, 0.3) is 0 Å². The number of ketones is 1. The van der Waals surface area contributed by atoms with E-state index in [0.717, 1.165) is 4.47 Å². The van der Waals surface area contributed by atoms with Crippen molar-refractivity contribution in [2.75, 3.05) is 0 Å². The standard InChI is InChI=1S/C12H6BrCl2NO/c13-8-4-7(5-16-6-8)12(17)9-2-1-3-10(14)11(9)15/h1-6H. The second-order valence-electron chi connectivity index (χ2n) is 3.32. The number of rotatable bonds is 2. The van der Waals surface area contributed by atoms with Gasteiger partial charge in [-0.2, -0.15) is 0 Å². The second kappa shape index (κ2) is 5.17. The van der Waals surface area contributed by atoms with Crippen molar-refractivity contribution in [3.63, 3.8) is 0 Å². The maximum atomic E-state index is 12.2. The molecule has 1 aromatic carbocycles. The average Bonchev–Trinajstić information content (AvgIpc) is 2.32. The van der Waals surface area contributed by atoms with E-state index in [4.69, 9.17) is 23.2 Å². The summed E-state index contributed by atoms with van der Waals surface area (Å²) in [5.41, 5.74) is 0.836. The minimum Gasteiger partial charge on any atom is -0.288 e. The summed E-state index contributed by atoms with van der Waals surface area (Å²) < 4.78 is 0.738. The van der Waals surface area contributed by atoms with Gasteiger partial charge >= 0.3 is 0 Å². The van der Waals surface area contributed by atoms with Gasteiger partial charge in [-0.3, -0.25) is 9.78 Å². The summed E-state index contributed by atoms with van der Waals surface area (Å²) >= 11 is 15.1. The molecule has 86 valence electrons. The van der Waals surface area contributed by atoms with Gasteiger partial charge in [-0.15, -0.1) is 0 Å². The third-order valence-corrected chi connectivity index (χ3v) is 3.42. The lowest BCUT2D eigenvalue weighted by atomic mass is 10.1. The molecule has 0 saturated heterocycles. The first kappa shape index (κ1) is 12.6. The van der Waals surface area contributed by atoms with Crippen molar-refractivity contribution in [1.29, 1.82) is 0 Å². The normalized spacial score (nSPS) is 10.3. The molecule has 17 heavy (non-hydrogen) atoms. The number of carbonyl (C=O) groups excluding carboxylic acids is 1. The molecule has 0 fully saturated rings. The maximum Gasteiger partial charge on any atom is 0.196 e. The molecule has 0 spiro atoms. The van der Waals surface area contributed by atoms with Gasteiger partial charge in [0.1, 0.15) is 0 Å². The van der Waals surface area contributed by atoms with Crippen LogP contribution >= 0.6 is 39.1 Å². The fourth-order valence-corrected chi connectivity index (χ4v) is 2.12. The van der Waals surface area contributed by atoms with E-state index in [9.17, 15) is 4.79 Å². The molecule has 2 rings (SSSR count). The smallest absolute Gasteiger partial charge is 0.196 e. The van der Waals surface area contributed by atoms with Gasteiger partial charge in [0.15, 0.2) is 5.78 Å². The highest BCUT2D eigenvalue weighted by molar-refractivity contribution is 9.10. The highest BCUT2D eigenvalue weighted by Crippen LogP contribution is 2.27. The lowest BCUT2D eigenvalue weighted by molar-refractivity contribution is 0.103. The summed E-state index contributed by atoms with van der Waals surface area (Å²) in [6.07, 6.45) is 3.10. The molecule has 0 aliphatic heterocycles. The topological polar surface area (TPSA) is 30.0 Å². The van der Waals surface area contributed by atoms with Crippen molar-refractivity contribution in [3.8, 4) is 0 Å². The van der Waals surface area contributed by atoms with E-state index in [1.54, 1.807) is 30.5 Å². The Morgan fingerprint density at radius 3 is 2.71 bits per heavy atom. The number of hydrogen-bond acceptors (Lipinski definition) is 2. The lowest BCUT2D eigenvalue weighted by Crippen LogP contribution is -2.02. The van der Waals surface area contributed by atoms with Crippen molar-refractivity contribution < 1.29 is 4.79 Å². The highest BCUT2D eigenvalue weighted by atomic mass is 79.9. The van der Waals surface area contributed by atoms with Crippen LogP contribution in [0.1, 0.15) is 15.9 Å². The van der Waals surface area contributed by atoms with Gasteiger partial charge in [-0.05, 0) is 34.1 Å². The fraction of sp³-hybridized carbons (Fsp3) is 0.